The third kappa shape index (κ3) is 3.22. The number of nitrogens with zero attached hydrogens (tertiary/aromatic N) is 2. The van der Waals surface area contributed by atoms with Gasteiger partial charge in [-0.25, -0.2) is 4.79 Å². The highest BCUT2D eigenvalue weighted by molar-refractivity contribution is 9.10. The Labute approximate surface area is 130 Å². The smallest absolute Gasteiger partial charge is 0.348 e. The van der Waals surface area contributed by atoms with Gasteiger partial charge in [0.05, 0.1) is 20.9 Å². The molecule has 20 heavy (non-hydrogen) atoms. The maximum Gasteiger partial charge on any atom is 0.348 e. The highest BCUT2D eigenvalue weighted by atomic mass is 79.9. The van der Waals surface area contributed by atoms with Crippen molar-refractivity contribution in [3.63, 3.8) is 0 Å². The van der Waals surface area contributed by atoms with Gasteiger partial charge in [0.25, 0.3) is 0 Å². The molecular weight excluding hydrogens is 342 g/mol. The summed E-state index contributed by atoms with van der Waals surface area (Å²) in [6.07, 6.45) is 0. The Morgan fingerprint density at radius 3 is 2.75 bits per heavy atom. The van der Waals surface area contributed by atoms with Crippen molar-refractivity contribution in [2.45, 2.75) is 20.4 Å². The Kier molecular flexibility index (Phi) is 4.83. The molecule has 0 amide bonds. The molecular formula is C14H15BrClN3O. The lowest BCUT2D eigenvalue weighted by Gasteiger charge is -2.13. The SMILES string of the molecule is Cc1nc(=O)n(CCNc2ccccc2Cl)c(C)c1Br. The van der Waals surface area contributed by atoms with Gasteiger partial charge in [-0.3, -0.25) is 4.57 Å². The van der Waals surface area contributed by atoms with E-state index in [0.717, 1.165) is 15.9 Å². The standard InChI is InChI=1S/C14H15BrClN3O/c1-9-13(15)10(2)19(14(20)18-9)8-7-17-12-6-4-3-5-11(12)16/h3-6,17H,7-8H2,1-2H3. The Balaban J connectivity index is 2.11. The summed E-state index contributed by atoms with van der Waals surface area (Å²) >= 11 is 9.51. The Morgan fingerprint density at radius 2 is 2.05 bits per heavy atom. The van der Waals surface area contributed by atoms with Crippen molar-refractivity contribution in [3.8, 4) is 0 Å². The first-order valence-corrected chi connectivity index (χ1v) is 7.39. The zero-order valence-electron chi connectivity index (χ0n) is 11.3. The average molecular weight is 357 g/mol. The van der Waals surface area contributed by atoms with E-state index in [4.69, 9.17) is 11.6 Å². The lowest BCUT2D eigenvalue weighted by atomic mass is 10.3. The fraction of sp³-hybridized carbons (Fsp3) is 0.286. The van der Waals surface area contributed by atoms with Gasteiger partial charge in [-0.05, 0) is 41.9 Å². The molecule has 0 atom stereocenters. The van der Waals surface area contributed by atoms with Crippen molar-refractivity contribution in [1.29, 1.82) is 0 Å². The van der Waals surface area contributed by atoms with Gasteiger partial charge in [-0.1, -0.05) is 23.7 Å². The molecule has 1 heterocycles. The number of para-hydroxylation sites is 1. The molecule has 0 aliphatic rings. The van der Waals surface area contributed by atoms with E-state index in [-0.39, 0.29) is 5.69 Å². The molecule has 6 heteroatoms. The lowest BCUT2D eigenvalue weighted by Crippen LogP contribution is -2.29. The van der Waals surface area contributed by atoms with Gasteiger partial charge in [0.1, 0.15) is 0 Å². The van der Waals surface area contributed by atoms with Crippen molar-refractivity contribution in [1.82, 2.24) is 9.55 Å². The summed E-state index contributed by atoms with van der Waals surface area (Å²) in [6.45, 7) is 4.84. The first-order valence-electron chi connectivity index (χ1n) is 6.22. The van der Waals surface area contributed by atoms with Crippen LogP contribution in [0.3, 0.4) is 0 Å². The van der Waals surface area contributed by atoms with Crippen LogP contribution in [-0.4, -0.2) is 16.1 Å². The van der Waals surface area contributed by atoms with Crippen molar-refractivity contribution < 1.29 is 0 Å². The van der Waals surface area contributed by atoms with E-state index in [2.05, 4.69) is 26.2 Å². The van der Waals surface area contributed by atoms with Gasteiger partial charge in [-0.15, -0.1) is 0 Å². The molecule has 0 spiro atoms. The normalized spacial score (nSPS) is 10.6. The number of aryl methyl sites for hydroxylation is 1. The zero-order valence-corrected chi connectivity index (χ0v) is 13.6. The highest BCUT2D eigenvalue weighted by Gasteiger charge is 2.08. The summed E-state index contributed by atoms with van der Waals surface area (Å²) in [5, 5.41) is 3.88. The second-order valence-corrected chi connectivity index (χ2v) is 5.64. The summed E-state index contributed by atoms with van der Waals surface area (Å²) in [5.41, 5.74) is 2.22. The summed E-state index contributed by atoms with van der Waals surface area (Å²) in [6, 6.07) is 7.52. The molecule has 0 saturated heterocycles. The minimum absolute atomic E-state index is 0.232. The monoisotopic (exact) mass is 355 g/mol. The van der Waals surface area contributed by atoms with E-state index < -0.39 is 0 Å². The number of nitrogens with one attached hydrogen (secondary N) is 1. The van der Waals surface area contributed by atoms with Crippen LogP contribution in [0.2, 0.25) is 5.02 Å². The van der Waals surface area contributed by atoms with Crippen molar-refractivity contribution >= 4 is 33.2 Å². The predicted octanol–water partition coefficient (Wildman–Crippen LogP) is 3.39. The van der Waals surface area contributed by atoms with Gasteiger partial charge in [-0.2, -0.15) is 4.98 Å². The van der Waals surface area contributed by atoms with Crippen LogP contribution in [0.1, 0.15) is 11.4 Å². The molecule has 2 rings (SSSR count). The Hall–Kier alpha value is -1.33. The molecule has 0 fully saturated rings. The number of rotatable bonds is 4. The molecule has 1 N–H and O–H groups in total. The number of benzene rings is 1. The summed E-state index contributed by atoms with van der Waals surface area (Å²) in [4.78, 5) is 15.9. The molecule has 0 saturated carbocycles. The maximum atomic E-state index is 11.9. The number of aromatic nitrogens is 2. The van der Waals surface area contributed by atoms with Crippen molar-refractivity contribution in [3.05, 3.63) is 55.6 Å². The zero-order chi connectivity index (χ0) is 14.7. The van der Waals surface area contributed by atoms with Crippen LogP contribution in [0.25, 0.3) is 0 Å². The van der Waals surface area contributed by atoms with E-state index in [1.165, 1.54) is 0 Å². The molecule has 0 radical (unpaired) electrons. The fourth-order valence-corrected chi connectivity index (χ4v) is 2.45. The third-order valence-corrected chi connectivity index (χ3v) is 4.54. The molecule has 0 aliphatic carbocycles. The van der Waals surface area contributed by atoms with E-state index in [9.17, 15) is 4.79 Å². The molecule has 106 valence electrons. The van der Waals surface area contributed by atoms with E-state index in [1.54, 1.807) is 4.57 Å². The maximum absolute atomic E-state index is 11.9. The van der Waals surface area contributed by atoms with Crippen LogP contribution >= 0.6 is 27.5 Å². The number of anilines is 1. The fourth-order valence-electron chi connectivity index (χ4n) is 1.95. The second-order valence-electron chi connectivity index (χ2n) is 4.44. The number of hydrogen-bond acceptors (Lipinski definition) is 3. The molecule has 0 bridgehead atoms. The van der Waals surface area contributed by atoms with Crippen LogP contribution in [0.15, 0.2) is 33.5 Å². The first-order chi connectivity index (χ1) is 9.50. The van der Waals surface area contributed by atoms with Crippen LogP contribution in [0, 0.1) is 13.8 Å². The molecule has 1 aromatic carbocycles. The number of halogens is 2. The lowest BCUT2D eigenvalue weighted by molar-refractivity contribution is 0.643. The minimum Gasteiger partial charge on any atom is -0.382 e. The predicted molar refractivity (Wildman–Crippen MR) is 85.6 cm³/mol. The highest BCUT2D eigenvalue weighted by Crippen LogP contribution is 2.20. The largest absolute Gasteiger partial charge is 0.382 e. The van der Waals surface area contributed by atoms with Crippen LogP contribution in [-0.2, 0) is 6.54 Å². The summed E-state index contributed by atoms with van der Waals surface area (Å²) in [7, 11) is 0. The summed E-state index contributed by atoms with van der Waals surface area (Å²) < 4.78 is 2.51. The van der Waals surface area contributed by atoms with Crippen molar-refractivity contribution in [2.24, 2.45) is 0 Å². The molecule has 0 aliphatic heterocycles. The molecule has 2 aromatic rings. The van der Waals surface area contributed by atoms with E-state index >= 15 is 0 Å². The van der Waals surface area contributed by atoms with Crippen LogP contribution < -0.4 is 11.0 Å². The van der Waals surface area contributed by atoms with Gasteiger partial charge in [0, 0.05) is 18.8 Å². The van der Waals surface area contributed by atoms with Crippen molar-refractivity contribution in [2.75, 3.05) is 11.9 Å². The van der Waals surface area contributed by atoms with Crippen LogP contribution in [0.5, 0.6) is 0 Å². The van der Waals surface area contributed by atoms with Gasteiger partial charge in [0.15, 0.2) is 0 Å². The van der Waals surface area contributed by atoms with Crippen LogP contribution in [0.4, 0.5) is 5.69 Å². The van der Waals surface area contributed by atoms with E-state index in [1.807, 2.05) is 38.1 Å². The Morgan fingerprint density at radius 1 is 1.35 bits per heavy atom. The second kappa shape index (κ2) is 6.41. The average Bonchev–Trinajstić information content (AvgIpc) is 2.42. The quantitative estimate of drug-likeness (QED) is 0.913. The number of hydrogen-bond donors (Lipinski definition) is 1. The molecule has 4 nitrogen and oxygen atoms in total. The topological polar surface area (TPSA) is 46.9 Å². The molecule has 1 aromatic heterocycles. The molecule has 0 unspecified atom stereocenters. The van der Waals surface area contributed by atoms with Gasteiger partial charge in [0.2, 0.25) is 0 Å². The minimum atomic E-state index is -0.232. The Bertz CT molecular complexity index is 685. The van der Waals surface area contributed by atoms with Gasteiger partial charge < -0.3 is 5.32 Å². The van der Waals surface area contributed by atoms with Gasteiger partial charge >= 0.3 is 5.69 Å². The first kappa shape index (κ1) is 15.1. The van der Waals surface area contributed by atoms with E-state index in [0.29, 0.717) is 23.8 Å². The third-order valence-electron chi connectivity index (χ3n) is 3.06. The summed E-state index contributed by atoms with van der Waals surface area (Å²) in [5.74, 6) is 0.